The van der Waals surface area contributed by atoms with Crippen molar-refractivity contribution in [2.24, 2.45) is 11.8 Å². The van der Waals surface area contributed by atoms with Crippen molar-refractivity contribution in [3.63, 3.8) is 0 Å². The summed E-state index contributed by atoms with van der Waals surface area (Å²) >= 11 is 0. The molecule has 0 radical (unpaired) electrons. The Morgan fingerprint density at radius 1 is 0.880 bits per heavy atom. The predicted molar refractivity (Wildman–Crippen MR) is 184 cm³/mol. The molecular weight excluding hydrogens is 646 g/mol. The van der Waals surface area contributed by atoms with Crippen LogP contribution in [0.25, 0.3) is 0 Å². The molecule has 0 aromatic heterocycles. The lowest BCUT2D eigenvalue weighted by Crippen LogP contribution is -2.54. The van der Waals surface area contributed by atoms with Crippen LogP contribution in [0.15, 0.2) is 36.4 Å². The number of fused-ring (bicyclic) bond motifs is 2. The van der Waals surface area contributed by atoms with Crippen LogP contribution in [0.4, 0.5) is 0 Å². The number of nitrogens with one attached hydrogen (secondary N) is 4. The van der Waals surface area contributed by atoms with Gasteiger partial charge in [-0.15, -0.1) is 0 Å². The topological polar surface area (TPSA) is 174 Å². The summed E-state index contributed by atoms with van der Waals surface area (Å²) in [4.78, 5) is 67.4. The van der Waals surface area contributed by atoms with E-state index in [1.807, 2.05) is 13.8 Å². The number of methoxy groups -OCH3 is 2. The van der Waals surface area contributed by atoms with Gasteiger partial charge in [-0.1, -0.05) is 19.9 Å². The molecule has 4 aliphatic heterocycles. The Labute approximate surface area is 292 Å². The molecule has 1 fully saturated rings. The molecule has 0 spiro atoms. The monoisotopic (exact) mass is 695 g/mol. The second-order valence-electron chi connectivity index (χ2n) is 12.8. The fourth-order valence-electron chi connectivity index (χ4n) is 5.78. The van der Waals surface area contributed by atoms with Crippen LogP contribution in [-0.2, 0) is 30.5 Å². The van der Waals surface area contributed by atoms with E-state index < -0.39 is 18.0 Å². The zero-order chi connectivity index (χ0) is 36.2. The maximum atomic E-state index is 13.5. The Morgan fingerprint density at radius 2 is 1.56 bits per heavy atom. The highest BCUT2D eigenvalue weighted by Crippen LogP contribution is 2.37. The van der Waals surface area contributed by atoms with Crippen molar-refractivity contribution >= 4 is 29.5 Å². The summed E-state index contributed by atoms with van der Waals surface area (Å²) in [7, 11) is 2.97. The Kier molecular flexibility index (Phi) is 13.8. The molecule has 0 unspecified atom stereocenters. The third kappa shape index (κ3) is 10.3. The van der Waals surface area contributed by atoms with Gasteiger partial charge in [-0.3, -0.25) is 24.0 Å². The highest BCUT2D eigenvalue weighted by atomic mass is 16.5. The van der Waals surface area contributed by atoms with Crippen molar-refractivity contribution in [1.29, 1.82) is 0 Å². The first kappa shape index (κ1) is 38.0. The molecule has 4 N–H and O–H groups in total. The molecule has 6 rings (SSSR count). The zero-order valence-electron chi connectivity index (χ0n) is 29.5. The third-order valence-electron chi connectivity index (χ3n) is 8.74. The molecule has 14 nitrogen and oxygen atoms in total. The fourth-order valence-corrected chi connectivity index (χ4v) is 5.78. The number of carbonyl (C=O) groups is 5. The average Bonchev–Trinajstić information content (AvgIpc) is 3.11. The number of ether oxygens (including phenoxy) is 4. The molecule has 0 aliphatic carbocycles. The van der Waals surface area contributed by atoms with E-state index in [4.69, 9.17) is 18.9 Å². The Hall–Kier alpha value is -4.85. The summed E-state index contributed by atoms with van der Waals surface area (Å²) in [5, 5.41) is 11.2. The first-order chi connectivity index (χ1) is 24.0. The SMILES string of the molecule is COc1cc2ccc1Oc1ccc(cc1OC)C(=O)NCCN(C(=O)C1CCOCC1)CCCC(=O)N[C@H](C)C(=O)N[C@@H](C(C)C)C(=O)NC2. The summed E-state index contributed by atoms with van der Waals surface area (Å²) in [5.74, 6) is -0.599. The number of carbonyl (C=O) groups excluding carboxylic acids is 5. The maximum Gasteiger partial charge on any atom is 0.251 e. The second kappa shape index (κ2) is 18.2. The van der Waals surface area contributed by atoms with Crippen LogP contribution in [0, 0.1) is 11.8 Å². The minimum Gasteiger partial charge on any atom is -0.493 e. The first-order valence-corrected chi connectivity index (χ1v) is 17.1. The number of hydrogen-bond acceptors (Lipinski definition) is 9. The van der Waals surface area contributed by atoms with Crippen LogP contribution in [0.5, 0.6) is 23.0 Å². The van der Waals surface area contributed by atoms with Crippen molar-refractivity contribution in [2.45, 2.75) is 65.1 Å². The molecule has 2 atom stereocenters. The van der Waals surface area contributed by atoms with Gasteiger partial charge in [0.1, 0.15) is 12.1 Å². The first-order valence-electron chi connectivity index (χ1n) is 17.1. The van der Waals surface area contributed by atoms with E-state index >= 15 is 0 Å². The van der Waals surface area contributed by atoms with E-state index in [-0.39, 0.29) is 61.5 Å². The molecule has 2 aromatic rings. The third-order valence-corrected chi connectivity index (χ3v) is 8.74. The van der Waals surface area contributed by atoms with E-state index in [1.54, 1.807) is 48.2 Å². The Balaban J connectivity index is 1.58. The number of nitrogens with zero attached hydrogens (tertiary/aromatic N) is 1. The van der Waals surface area contributed by atoms with Crippen LogP contribution in [0.2, 0.25) is 0 Å². The molecule has 272 valence electrons. The molecular formula is C36H49N5O9. The van der Waals surface area contributed by atoms with Crippen LogP contribution in [-0.4, -0.2) is 93.6 Å². The molecule has 2 aromatic carbocycles. The smallest absolute Gasteiger partial charge is 0.251 e. The van der Waals surface area contributed by atoms with E-state index in [0.29, 0.717) is 67.6 Å². The quantitative estimate of drug-likeness (QED) is 0.375. The summed E-state index contributed by atoms with van der Waals surface area (Å²) < 4.78 is 22.6. The lowest BCUT2D eigenvalue weighted by molar-refractivity contribution is -0.139. The number of amides is 5. The largest absolute Gasteiger partial charge is 0.493 e. The van der Waals surface area contributed by atoms with Crippen molar-refractivity contribution in [1.82, 2.24) is 26.2 Å². The van der Waals surface area contributed by atoms with Crippen LogP contribution < -0.4 is 35.5 Å². The Morgan fingerprint density at radius 3 is 2.24 bits per heavy atom. The van der Waals surface area contributed by atoms with E-state index in [9.17, 15) is 24.0 Å². The highest BCUT2D eigenvalue weighted by Gasteiger charge is 2.28. The van der Waals surface area contributed by atoms with Crippen molar-refractivity contribution < 1.29 is 42.9 Å². The zero-order valence-corrected chi connectivity index (χ0v) is 29.5. The van der Waals surface area contributed by atoms with Gasteiger partial charge >= 0.3 is 0 Å². The van der Waals surface area contributed by atoms with E-state index in [2.05, 4.69) is 21.3 Å². The van der Waals surface area contributed by atoms with Gasteiger partial charge in [0, 0.05) is 57.3 Å². The van der Waals surface area contributed by atoms with Gasteiger partial charge in [-0.2, -0.15) is 0 Å². The van der Waals surface area contributed by atoms with Crippen molar-refractivity contribution in [3.05, 3.63) is 47.5 Å². The van der Waals surface area contributed by atoms with Gasteiger partial charge in [-0.05, 0) is 68.0 Å². The van der Waals surface area contributed by atoms with Crippen LogP contribution >= 0.6 is 0 Å². The van der Waals surface area contributed by atoms with Crippen LogP contribution in [0.1, 0.15) is 62.4 Å². The second-order valence-corrected chi connectivity index (χ2v) is 12.8. The minimum absolute atomic E-state index is 0.0477. The Bertz CT molecular complexity index is 1530. The summed E-state index contributed by atoms with van der Waals surface area (Å²) in [6, 6.07) is 8.27. The van der Waals surface area contributed by atoms with Gasteiger partial charge in [-0.25, -0.2) is 0 Å². The van der Waals surface area contributed by atoms with E-state index in [1.165, 1.54) is 14.2 Å². The van der Waals surface area contributed by atoms with Gasteiger partial charge in [0.05, 0.1) is 14.2 Å². The van der Waals surface area contributed by atoms with Gasteiger partial charge in [0.2, 0.25) is 23.6 Å². The number of hydrogen-bond donors (Lipinski definition) is 4. The standard InChI is InChI=1S/C36H49N5O9/c1-22(2)32-35(45)38-21-24-8-10-27(29(19-24)47-4)50-28-11-9-26(20-30(28)48-5)34(44)37-14-16-41(36(46)25-12-17-49-18-13-25)15-6-7-31(42)39-23(3)33(43)40-32/h8-11,19-20,22-23,25,32H,6-7,12-18,21H2,1-5H3,(H,37,44)(H,38,45)(H,39,42)(H,40,43)/t23-,32+/m1/s1. The van der Waals surface area contributed by atoms with Crippen LogP contribution in [0.3, 0.4) is 0 Å². The summed E-state index contributed by atoms with van der Waals surface area (Å²) in [5.41, 5.74) is 1.07. The molecule has 4 heterocycles. The molecule has 4 bridgehead atoms. The molecule has 1 saturated heterocycles. The highest BCUT2D eigenvalue weighted by molar-refractivity contribution is 5.95. The summed E-state index contributed by atoms with van der Waals surface area (Å²) in [6.07, 6.45) is 1.64. The normalized spacial score (nSPS) is 20.7. The van der Waals surface area contributed by atoms with Gasteiger partial charge < -0.3 is 45.1 Å². The average molecular weight is 696 g/mol. The molecule has 50 heavy (non-hydrogen) atoms. The maximum absolute atomic E-state index is 13.5. The lowest BCUT2D eigenvalue weighted by Gasteiger charge is -2.29. The molecule has 14 heteroatoms. The van der Waals surface area contributed by atoms with Gasteiger partial charge in [0.15, 0.2) is 23.0 Å². The lowest BCUT2D eigenvalue weighted by atomic mass is 9.98. The summed E-state index contributed by atoms with van der Waals surface area (Å²) in [6.45, 7) is 7.08. The molecule has 0 saturated carbocycles. The van der Waals surface area contributed by atoms with Crippen molar-refractivity contribution in [3.8, 4) is 23.0 Å². The minimum atomic E-state index is -0.894. The number of benzene rings is 2. The molecule has 4 aliphatic rings. The van der Waals surface area contributed by atoms with Crippen molar-refractivity contribution in [2.75, 3.05) is 47.1 Å². The molecule has 5 amide bonds. The number of rotatable bonds is 4. The fraction of sp³-hybridized carbons (Fsp3) is 0.528. The van der Waals surface area contributed by atoms with E-state index in [0.717, 1.165) is 5.56 Å². The van der Waals surface area contributed by atoms with Gasteiger partial charge in [0.25, 0.3) is 5.91 Å². The predicted octanol–water partition coefficient (Wildman–Crippen LogP) is 2.54.